The summed E-state index contributed by atoms with van der Waals surface area (Å²) >= 11 is 6.58. The number of hydrogen-bond donors (Lipinski definition) is 0. The summed E-state index contributed by atoms with van der Waals surface area (Å²) in [5, 5.41) is 0. The first-order chi connectivity index (χ1) is 10.4. The zero-order valence-corrected chi connectivity index (χ0v) is 15.7. The fourth-order valence-electron chi connectivity index (χ4n) is 2.54. The fraction of sp³-hybridized carbons (Fsp3) is 0.737. The Kier molecular flexibility index (Phi) is 11.4. The molecule has 3 heteroatoms. The molecule has 0 radical (unpaired) electrons. The SMILES string of the molecule is CCC(C/C=C/C(C)=C/C(=O)OC)CCCC(Cl)(CC)CC. The minimum absolute atomic E-state index is 0.00598. The topological polar surface area (TPSA) is 26.3 Å². The number of carbonyl (C=O) groups excluding carboxylic acids is 1. The van der Waals surface area contributed by atoms with Gasteiger partial charge in [0, 0.05) is 11.0 Å². The van der Waals surface area contributed by atoms with Gasteiger partial charge in [0.05, 0.1) is 7.11 Å². The highest BCUT2D eigenvalue weighted by atomic mass is 35.5. The van der Waals surface area contributed by atoms with Crippen LogP contribution in [0.1, 0.15) is 72.6 Å². The lowest BCUT2D eigenvalue weighted by Crippen LogP contribution is -2.19. The second kappa shape index (κ2) is 11.8. The molecule has 128 valence electrons. The molecular formula is C19H33ClO2. The molecule has 2 nitrogen and oxygen atoms in total. The molecule has 0 spiro atoms. The van der Waals surface area contributed by atoms with E-state index in [9.17, 15) is 4.79 Å². The van der Waals surface area contributed by atoms with Crippen molar-refractivity contribution in [3.8, 4) is 0 Å². The molecule has 0 saturated carbocycles. The molecular weight excluding hydrogens is 296 g/mol. The maximum Gasteiger partial charge on any atom is 0.330 e. The normalized spacial score (nSPS) is 14.4. The summed E-state index contributed by atoms with van der Waals surface area (Å²) in [5.74, 6) is 0.392. The van der Waals surface area contributed by atoms with E-state index in [-0.39, 0.29) is 10.8 Å². The predicted molar refractivity (Wildman–Crippen MR) is 96.3 cm³/mol. The average molecular weight is 329 g/mol. The lowest BCUT2D eigenvalue weighted by molar-refractivity contribution is -0.134. The van der Waals surface area contributed by atoms with Gasteiger partial charge in [0.15, 0.2) is 0 Å². The van der Waals surface area contributed by atoms with E-state index in [1.165, 1.54) is 32.4 Å². The van der Waals surface area contributed by atoms with Gasteiger partial charge in [0.2, 0.25) is 0 Å². The summed E-state index contributed by atoms with van der Waals surface area (Å²) < 4.78 is 4.61. The van der Waals surface area contributed by atoms with Gasteiger partial charge in [-0.3, -0.25) is 0 Å². The van der Waals surface area contributed by atoms with E-state index in [4.69, 9.17) is 11.6 Å². The molecule has 22 heavy (non-hydrogen) atoms. The summed E-state index contributed by atoms with van der Waals surface area (Å²) in [6.45, 7) is 8.50. The van der Waals surface area contributed by atoms with Crippen LogP contribution in [0.4, 0.5) is 0 Å². The molecule has 1 unspecified atom stereocenters. The van der Waals surface area contributed by atoms with Crippen LogP contribution in [0.15, 0.2) is 23.8 Å². The van der Waals surface area contributed by atoms with Crippen molar-refractivity contribution in [2.24, 2.45) is 5.92 Å². The minimum Gasteiger partial charge on any atom is -0.466 e. The van der Waals surface area contributed by atoms with E-state index in [1.807, 2.05) is 13.0 Å². The Morgan fingerprint density at radius 1 is 1.27 bits per heavy atom. The second-order valence-electron chi connectivity index (χ2n) is 6.07. The van der Waals surface area contributed by atoms with Crippen molar-refractivity contribution in [3.05, 3.63) is 23.8 Å². The molecule has 0 aromatic heterocycles. The van der Waals surface area contributed by atoms with Crippen LogP contribution in [0.2, 0.25) is 0 Å². The van der Waals surface area contributed by atoms with Crippen LogP contribution in [0, 0.1) is 5.92 Å². The summed E-state index contributed by atoms with van der Waals surface area (Å²) in [5.41, 5.74) is 0.929. The molecule has 1 atom stereocenters. The smallest absolute Gasteiger partial charge is 0.330 e. The van der Waals surface area contributed by atoms with Crippen molar-refractivity contribution in [2.45, 2.75) is 77.5 Å². The quantitative estimate of drug-likeness (QED) is 0.200. The molecule has 0 bridgehead atoms. The number of halogens is 1. The number of carbonyl (C=O) groups is 1. The van der Waals surface area contributed by atoms with Crippen molar-refractivity contribution in [3.63, 3.8) is 0 Å². The van der Waals surface area contributed by atoms with Gasteiger partial charge in [0.1, 0.15) is 0 Å². The van der Waals surface area contributed by atoms with Crippen LogP contribution in [0.3, 0.4) is 0 Å². The van der Waals surface area contributed by atoms with Crippen LogP contribution >= 0.6 is 11.6 Å². The first kappa shape index (κ1) is 21.2. The third-order valence-electron chi connectivity index (χ3n) is 4.48. The van der Waals surface area contributed by atoms with Crippen LogP contribution in [-0.2, 0) is 9.53 Å². The second-order valence-corrected chi connectivity index (χ2v) is 6.88. The maximum atomic E-state index is 11.1. The summed E-state index contributed by atoms with van der Waals surface area (Å²) in [6.07, 6.45) is 13.5. The van der Waals surface area contributed by atoms with E-state index < -0.39 is 0 Å². The monoisotopic (exact) mass is 328 g/mol. The van der Waals surface area contributed by atoms with Crippen LogP contribution in [0.25, 0.3) is 0 Å². The molecule has 0 saturated heterocycles. The third-order valence-corrected chi connectivity index (χ3v) is 5.20. The van der Waals surface area contributed by atoms with Gasteiger partial charge in [-0.15, -0.1) is 11.6 Å². The molecule has 0 aromatic carbocycles. The highest BCUT2D eigenvalue weighted by Gasteiger charge is 2.22. The van der Waals surface area contributed by atoms with Crippen molar-refractivity contribution in [2.75, 3.05) is 7.11 Å². The lowest BCUT2D eigenvalue weighted by atomic mass is 9.90. The van der Waals surface area contributed by atoms with Crippen LogP contribution in [0.5, 0.6) is 0 Å². The summed E-state index contributed by atoms with van der Waals surface area (Å²) in [7, 11) is 1.40. The Labute approximate surface area is 142 Å². The molecule has 0 rings (SSSR count). The molecule has 0 N–H and O–H groups in total. The van der Waals surface area contributed by atoms with Crippen molar-refractivity contribution in [1.29, 1.82) is 0 Å². The maximum absolute atomic E-state index is 11.1. The number of allylic oxidation sites excluding steroid dienone is 3. The Morgan fingerprint density at radius 3 is 2.41 bits per heavy atom. The van der Waals surface area contributed by atoms with Gasteiger partial charge in [-0.05, 0) is 44.1 Å². The number of esters is 1. The number of alkyl halides is 1. The van der Waals surface area contributed by atoms with Crippen molar-refractivity contribution >= 4 is 17.6 Å². The Morgan fingerprint density at radius 2 is 1.91 bits per heavy atom. The summed E-state index contributed by atoms with van der Waals surface area (Å²) in [4.78, 5) is 11.1. The zero-order valence-electron chi connectivity index (χ0n) is 15.0. The number of methoxy groups -OCH3 is 1. The number of ether oxygens (including phenoxy) is 1. The minimum atomic E-state index is -0.299. The van der Waals surface area contributed by atoms with E-state index in [1.54, 1.807) is 0 Å². The van der Waals surface area contributed by atoms with E-state index in [0.717, 1.165) is 31.3 Å². The van der Waals surface area contributed by atoms with Gasteiger partial charge in [-0.25, -0.2) is 4.79 Å². The molecule has 0 heterocycles. The first-order valence-corrected chi connectivity index (χ1v) is 8.90. The predicted octanol–water partition coefficient (Wildman–Crippen LogP) is 6.05. The Bertz CT molecular complexity index is 368. The Balaban J connectivity index is 4.22. The fourth-order valence-corrected chi connectivity index (χ4v) is 2.67. The molecule has 0 amide bonds. The van der Waals surface area contributed by atoms with Gasteiger partial charge < -0.3 is 4.74 Å². The van der Waals surface area contributed by atoms with Crippen molar-refractivity contribution in [1.82, 2.24) is 0 Å². The van der Waals surface area contributed by atoms with Gasteiger partial charge in [0.25, 0.3) is 0 Å². The standard InChI is InChI=1S/C19H33ClO2/c1-6-17(13-10-14-19(20,7-2)8-3)12-9-11-16(4)15-18(21)22-5/h9,11,15,17H,6-8,10,12-14H2,1-5H3/b11-9+,16-15+. The number of rotatable bonds is 11. The third kappa shape index (κ3) is 9.30. The van der Waals surface area contributed by atoms with Crippen LogP contribution < -0.4 is 0 Å². The molecule has 0 aromatic rings. The van der Waals surface area contributed by atoms with Gasteiger partial charge >= 0.3 is 5.97 Å². The zero-order chi connectivity index (χ0) is 17.0. The highest BCUT2D eigenvalue weighted by Crippen LogP contribution is 2.31. The van der Waals surface area contributed by atoms with Crippen molar-refractivity contribution < 1.29 is 9.53 Å². The molecule has 0 aliphatic carbocycles. The highest BCUT2D eigenvalue weighted by molar-refractivity contribution is 6.23. The lowest BCUT2D eigenvalue weighted by Gasteiger charge is -2.24. The first-order valence-electron chi connectivity index (χ1n) is 8.52. The van der Waals surface area contributed by atoms with Crippen LogP contribution in [-0.4, -0.2) is 18.0 Å². The van der Waals surface area contributed by atoms with Gasteiger partial charge in [-0.1, -0.05) is 52.2 Å². The van der Waals surface area contributed by atoms with E-state index in [2.05, 4.69) is 31.6 Å². The molecule has 0 aliphatic heterocycles. The average Bonchev–Trinajstić information content (AvgIpc) is 2.52. The largest absolute Gasteiger partial charge is 0.466 e. The molecule has 0 aliphatic rings. The Hall–Kier alpha value is -0.760. The molecule has 0 fully saturated rings. The van der Waals surface area contributed by atoms with E-state index in [0.29, 0.717) is 5.92 Å². The summed E-state index contributed by atoms with van der Waals surface area (Å²) in [6, 6.07) is 0. The number of hydrogen-bond acceptors (Lipinski definition) is 2. The van der Waals surface area contributed by atoms with Gasteiger partial charge in [-0.2, -0.15) is 0 Å². The van der Waals surface area contributed by atoms with E-state index >= 15 is 0 Å².